The molecule has 1 amide bonds. The molecule has 25 heavy (non-hydrogen) atoms. The second kappa shape index (κ2) is 7.28. The molecule has 8 heteroatoms. The third kappa shape index (κ3) is 3.85. The van der Waals surface area contributed by atoms with Gasteiger partial charge in [-0.2, -0.15) is 8.42 Å². The lowest BCUT2D eigenvalue weighted by Gasteiger charge is -2.29. The number of anilines is 2. The van der Waals surface area contributed by atoms with E-state index in [1.165, 1.54) is 0 Å². The van der Waals surface area contributed by atoms with Crippen molar-refractivity contribution in [1.29, 1.82) is 0 Å². The molecule has 0 bridgehead atoms. The van der Waals surface area contributed by atoms with E-state index in [4.69, 9.17) is 0 Å². The highest BCUT2D eigenvalue weighted by Gasteiger charge is 2.30. The number of thioether (sulfide) groups is 1. The Hall–Kier alpha value is -2.32. The first-order valence-corrected chi connectivity index (χ1v) is 10.1. The van der Waals surface area contributed by atoms with Crippen LogP contribution >= 0.6 is 11.8 Å². The van der Waals surface area contributed by atoms with Gasteiger partial charge in [-0.25, -0.2) is 0 Å². The molecule has 2 aromatic carbocycles. The zero-order valence-electron chi connectivity index (χ0n) is 13.5. The van der Waals surface area contributed by atoms with Gasteiger partial charge in [-0.15, -0.1) is 4.40 Å². The van der Waals surface area contributed by atoms with Gasteiger partial charge in [0.05, 0.1) is 11.4 Å². The Morgan fingerprint density at radius 2 is 1.80 bits per heavy atom. The van der Waals surface area contributed by atoms with E-state index in [1.807, 2.05) is 25.1 Å². The molecule has 0 radical (unpaired) electrons. The Morgan fingerprint density at radius 3 is 2.52 bits per heavy atom. The minimum Gasteiger partial charge on any atom is -0.325 e. The molecule has 1 heterocycles. The van der Waals surface area contributed by atoms with Gasteiger partial charge in [-0.1, -0.05) is 42.1 Å². The van der Waals surface area contributed by atoms with Crippen LogP contribution < -0.4 is 10.2 Å². The molecular weight excluding hydrogens is 358 g/mol. The Morgan fingerprint density at radius 1 is 1.12 bits per heavy atom. The fourth-order valence-electron chi connectivity index (χ4n) is 2.46. The molecule has 2 aromatic rings. The van der Waals surface area contributed by atoms with Gasteiger partial charge in [-0.05, 0) is 31.2 Å². The molecule has 1 aliphatic rings. The number of hydrogen-bond donors (Lipinski definition) is 1. The summed E-state index contributed by atoms with van der Waals surface area (Å²) in [5, 5.41) is 3.08. The molecule has 0 aromatic heterocycles. The SMILES string of the molecule is CCN1C(SCC(=O)Nc2ccccc2)=NS(=O)(=O)c2ccccc21. The van der Waals surface area contributed by atoms with E-state index in [-0.39, 0.29) is 16.6 Å². The van der Waals surface area contributed by atoms with E-state index >= 15 is 0 Å². The topological polar surface area (TPSA) is 78.8 Å². The summed E-state index contributed by atoms with van der Waals surface area (Å²) < 4.78 is 28.6. The summed E-state index contributed by atoms with van der Waals surface area (Å²) in [5.41, 5.74) is 1.29. The van der Waals surface area contributed by atoms with Crippen molar-refractivity contribution in [1.82, 2.24) is 0 Å². The lowest BCUT2D eigenvalue weighted by molar-refractivity contribution is -0.113. The number of para-hydroxylation sites is 2. The largest absolute Gasteiger partial charge is 0.325 e. The number of rotatable bonds is 4. The van der Waals surface area contributed by atoms with Crippen molar-refractivity contribution in [2.75, 3.05) is 22.5 Å². The number of benzene rings is 2. The maximum atomic E-state index is 12.4. The zero-order chi connectivity index (χ0) is 17.9. The van der Waals surface area contributed by atoms with Crippen LogP contribution in [0.4, 0.5) is 11.4 Å². The van der Waals surface area contributed by atoms with Gasteiger partial charge in [0.1, 0.15) is 4.90 Å². The third-order valence-electron chi connectivity index (χ3n) is 3.57. The van der Waals surface area contributed by atoms with Crippen molar-refractivity contribution in [2.24, 2.45) is 4.40 Å². The summed E-state index contributed by atoms with van der Waals surface area (Å²) in [7, 11) is -3.75. The highest BCUT2D eigenvalue weighted by molar-refractivity contribution is 8.15. The fraction of sp³-hybridized carbons (Fsp3) is 0.176. The van der Waals surface area contributed by atoms with Crippen LogP contribution in [0.1, 0.15) is 6.92 Å². The molecule has 130 valence electrons. The van der Waals surface area contributed by atoms with Crippen LogP contribution in [0.25, 0.3) is 0 Å². The molecule has 3 rings (SSSR count). The smallest absolute Gasteiger partial charge is 0.286 e. The summed E-state index contributed by atoms with van der Waals surface area (Å²) >= 11 is 1.11. The van der Waals surface area contributed by atoms with Crippen LogP contribution in [0, 0.1) is 0 Å². The number of nitrogens with one attached hydrogen (secondary N) is 1. The summed E-state index contributed by atoms with van der Waals surface area (Å²) in [5.74, 6) is -0.145. The zero-order valence-corrected chi connectivity index (χ0v) is 15.2. The number of amidine groups is 1. The average molecular weight is 375 g/mol. The molecule has 1 aliphatic heterocycles. The van der Waals surface area contributed by atoms with Gasteiger partial charge in [0.2, 0.25) is 5.91 Å². The first kappa shape index (κ1) is 17.5. The first-order chi connectivity index (χ1) is 12.0. The molecule has 0 saturated carbocycles. The summed E-state index contributed by atoms with van der Waals surface area (Å²) in [4.78, 5) is 14.1. The van der Waals surface area contributed by atoms with Gasteiger partial charge in [-0.3, -0.25) is 4.79 Å². The number of sulfonamides is 1. The summed E-state index contributed by atoms with van der Waals surface area (Å²) in [6.45, 7) is 2.47. The number of carbonyl (C=O) groups is 1. The standard InChI is InChI=1S/C17H17N3O3S2/c1-2-20-14-10-6-7-11-15(14)25(22,23)19-17(20)24-12-16(21)18-13-8-4-3-5-9-13/h3-11H,2,12H2,1H3,(H,18,21). The number of hydrogen-bond acceptors (Lipinski definition) is 5. The van der Waals surface area contributed by atoms with Crippen molar-refractivity contribution in [2.45, 2.75) is 11.8 Å². The van der Waals surface area contributed by atoms with Crippen molar-refractivity contribution >= 4 is 44.2 Å². The molecule has 1 N–H and O–H groups in total. The Bertz CT molecular complexity index is 912. The number of carbonyl (C=O) groups excluding carboxylic acids is 1. The quantitative estimate of drug-likeness (QED) is 0.889. The van der Waals surface area contributed by atoms with Crippen LogP contribution in [0.2, 0.25) is 0 Å². The highest BCUT2D eigenvalue weighted by Crippen LogP contribution is 2.33. The third-order valence-corrected chi connectivity index (χ3v) is 5.98. The molecule has 0 atom stereocenters. The molecule has 0 fully saturated rings. The monoisotopic (exact) mass is 375 g/mol. The van der Waals surface area contributed by atoms with Gasteiger partial charge in [0, 0.05) is 12.2 Å². The summed E-state index contributed by atoms with van der Waals surface area (Å²) in [6, 6.07) is 15.8. The van der Waals surface area contributed by atoms with E-state index in [9.17, 15) is 13.2 Å². The predicted molar refractivity (Wildman–Crippen MR) is 102 cm³/mol. The van der Waals surface area contributed by atoms with E-state index in [1.54, 1.807) is 41.3 Å². The minimum atomic E-state index is -3.75. The number of fused-ring (bicyclic) bond motifs is 1. The lowest BCUT2D eigenvalue weighted by atomic mass is 10.3. The van der Waals surface area contributed by atoms with Crippen molar-refractivity contribution < 1.29 is 13.2 Å². The van der Waals surface area contributed by atoms with Crippen molar-refractivity contribution in [3.8, 4) is 0 Å². The Balaban J connectivity index is 1.76. The average Bonchev–Trinajstić information content (AvgIpc) is 2.61. The van der Waals surface area contributed by atoms with Gasteiger partial charge in [0.25, 0.3) is 10.0 Å². The van der Waals surface area contributed by atoms with Gasteiger partial charge in [0.15, 0.2) is 5.17 Å². The van der Waals surface area contributed by atoms with Gasteiger partial charge < -0.3 is 10.2 Å². The second-order valence-electron chi connectivity index (χ2n) is 5.26. The maximum absolute atomic E-state index is 12.4. The Kier molecular flexibility index (Phi) is 5.10. The van der Waals surface area contributed by atoms with Crippen LogP contribution in [0.15, 0.2) is 63.9 Å². The predicted octanol–water partition coefficient (Wildman–Crippen LogP) is 2.94. The van der Waals surface area contributed by atoms with E-state index < -0.39 is 10.0 Å². The van der Waals surface area contributed by atoms with Crippen LogP contribution in [0.3, 0.4) is 0 Å². The molecule has 0 spiro atoms. The van der Waals surface area contributed by atoms with Crippen LogP contribution in [-0.4, -0.2) is 31.8 Å². The Labute approximate surface area is 151 Å². The van der Waals surface area contributed by atoms with E-state index in [2.05, 4.69) is 9.71 Å². The molecule has 6 nitrogen and oxygen atoms in total. The summed E-state index contributed by atoms with van der Waals surface area (Å²) in [6.07, 6.45) is 0. The van der Waals surface area contributed by atoms with E-state index in [0.29, 0.717) is 23.1 Å². The van der Waals surface area contributed by atoms with Crippen molar-refractivity contribution in [3.63, 3.8) is 0 Å². The molecule has 0 saturated heterocycles. The number of nitrogens with zero attached hydrogens (tertiary/aromatic N) is 2. The minimum absolute atomic E-state index is 0.0713. The van der Waals surface area contributed by atoms with Crippen LogP contribution in [-0.2, 0) is 14.8 Å². The molecule has 0 aliphatic carbocycles. The molecular formula is C17H17N3O3S2. The first-order valence-electron chi connectivity index (χ1n) is 7.70. The number of amides is 1. The van der Waals surface area contributed by atoms with E-state index in [0.717, 1.165) is 11.8 Å². The highest BCUT2D eigenvalue weighted by atomic mass is 32.2. The molecule has 0 unspecified atom stereocenters. The lowest BCUT2D eigenvalue weighted by Crippen LogP contribution is -2.34. The second-order valence-corrected chi connectivity index (χ2v) is 7.78. The van der Waals surface area contributed by atoms with Crippen LogP contribution in [0.5, 0.6) is 0 Å². The normalized spacial score (nSPS) is 15.2. The fourth-order valence-corrected chi connectivity index (χ4v) is 4.78. The maximum Gasteiger partial charge on any atom is 0.286 e. The van der Waals surface area contributed by atoms with Gasteiger partial charge >= 0.3 is 0 Å². The van der Waals surface area contributed by atoms with Crippen molar-refractivity contribution in [3.05, 3.63) is 54.6 Å².